The molecular formula is C10H13ClN4O2S. The van der Waals surface area contributed by atoms with Gasteiger partial charge in [0.2, 0.25) is 10.0 Å². The van der Waals surface area contributed by atoms with Gasteiger partial charge in [-0.1, -0.05) is 11.6 Å². The highest BCUT2D eigenvalue weighted by atomic mass is 35.5. The molecule has 2 N–H and O–H groups in total. The summed E-state index contributed by atoms with van der Waals surface area (Å²) in [5.41, 5.74) is 6.98. The Hall–Kier alpha value is -1.47. The minimum Gasteiger partial charge on any atom is -0.397 e. The molecule has 2 rings (SSSR count). The first-order chi connectivity index (χ1) is 8.23. The molecule has 2 aromatic rings. The van der Waals surface area contributed by atoms with Crippen LogP contribution in [-0.4, -0.2) is 31.5 Å². The lowest BCUT2D eigenvalue weighted by Gasteiger charge is -2.13. The van der Waals surface area contributed by atoms with E-state index in [1.54, 1.807) is 19.2 Å². The van der Waals surface area contributed by atoms with Crippen LogP contribution in [0.1, 0.15) is 0 Å². The van der Waals surface area contributed by atoms with Gasteiger partial charge in [-0.2, -0.15) is 5.10 Å². The smallest absolute Gasteiger partial charge is 0.233 e. The molecule has 98 valence electrons. The molecule has 0 amide bonds. The van der Waals surface area contributed by atoms with Crippen molar-refractivity contribution in [3.63, 3.8) is 0 Å². The third-order valence-corrected chi connectivity index (χ3v) is 4.23. The van der Waals surface area contributed by atoms with Crippen LogP contribution in [0.25, 0.3) is 10.9 Å². The maximum absolute atomic E-state index is 11.6. The number of sulfonamides is 1. The molecule has 0 spiro atoms. The Labute approximate surface area is 110 Å². The molecule has 0 fully saturated rings. The average molecular weight is 289 g/mol. The predicted molar refractivity (Wildman–Crippen MR) is 73.4 cm³/mol. The Morgan fingerprint density at radius 2 is 2.06 bits per heavy atom. The molecule has 0 atom stereocenters. The summed E-state index contributed by atoms with van der Waals surface area (Å²) < 4.78 is 25.8. The zero-order valence-electron chi connectivity index (χ0n) is 10.2. The number of aromatic nitrogens is 2. The minimum atomic E-state index is -3.41. The third kappa shape index (κ3) is 1.89. The molecule has 8 heteroatoms. The lowest BCUT2D eigenvalue weighted by molar-refractivity contribution is 0.599. The zero-order valence-corrected chi connectivity index (χ0v) is 11.7. The fourth-order valence-electron chi connectivity index (χ4n) is 1.76. The Kier molecular flexibility index (Phi) is 2.90. The number of nitrogens with two attached hydrogens (primary N) is 1. The van der Waals surface area contributed by atoms with Gasteiger partial charge in [0.15, 0.2) is 5.82 Å². The van der Waals surface area contributed by atoms with Gasteiger partial charge >= 0.3 is 0 Å². The highest BCUT2D eigenvalue weighted by Gasteiger charge is 2.22. The number of halogens is 1. The van der Waals surface area contributed by atoms with Crippen LogP contribution in [0.4, 0.5) is 11.5 Å². The standard InChI is InChI=1S/C10H13ClN4O2S/c1-14-9-7(12)5-4-6(11)8(9)10(13-14)15(2)18(3,16)17/h4-5H,12H2,1-3H3. The van der Waals surface area contributed by atoms with Gasteiger partial charge in [0, 0.05) is 14.1 Å². The van der Waals surface area contributed by atoms with E-state index in [0.717, 1.165) is 10.6 Å². The molecule has 0 saturated heterocycles. The number of anilines is 2. The quantitative estimate of drug-likeness (QED) is 0.842. The fraction of sp³-hybridized carbons (Fsp3) is 0.300. The van der Waals surface area contributed by atoms with Crippen LogP contribution < -0.4 is 10.0 Å². The summed E-state index contributed by atoms with van der Waals surface area (Å²) in [5, 5.41) is 5.13. The van der Waals surface area contributed by atoms with Crippen molar-refractivity contribution >= 4 is 44.0 Å². The molecule has 0 aliphatic heterocycles. The second-order valence-electron chi connectivity index (χ2n) is 4.04. The van der Waals surface area contributed by atoms with Crippen LogP contribution in [0.2, 0.25) is 5.02 Å². The fourth-order valence-corrected chi connectivity index (χ4v) is 2.44. The molecule has 6 nitrogen and oxygen atoms in total. The van der Waals surface area contributed by atoms with E-state index in [9.17, 15) is 8.42 Å². The van der Waals surface area contributed by atoms with Crippen molar-refractivity contribution in [3.8, 4) is 0 Å². The van der Waals surface area contributed by atoms with Crippen LogP contribution in [0.3, 0.4) is 0 Å². The lowest BCUT2D eigenvalue weighted by Crippen LogP contribution is -2.25. The summed E-state index contributed by atoms with van der Waals surface area (Å²) in [6, 6.07) is 3.29. The minimum absolute atomic E-state index is 0.271. The van der Waals surface area contributed by atoms with Gasteiger partial charge in [-0.15, -0.1) is 0 Å². The van der Waals surface area contributed by atoms with Crippen molar-refractivity contribution in [2.45, 2.75) is 0 Å². The van der Waals surface area contributed by atoms with Gasteiger partial charge in [0.05, 0.1) is 27.9 Å². The number of nitrogens with zero attached hydrogens (tertiary/aromatic N) is 3. The summed E-state index contributed by atoms with van der Waals surface area (Å²) in [7, 11) is -0.289. The maximum Gasteiger partial charge on any atom is 0.233 e. The number of hydrogen-bond donors (Lipinski definition) is 1. The third-order valence-electron chi connectivity index (χ3n) is 2.75. The Morgan fingerprint density at radius 1 is 1.44 bits per heavy atom. The highest BCUT2D eigenvalue weighted by molar-refractivity contribution is 7.92. The SMILES string of the molecule is CN(c1nn(C)c2c(N)ccc(Cl)c12)S(C)(=O)=O. The van der Waals surface area contributed by atoms with Crippen LogP contribution in [0.15, 0.2) is 12.1 Å². The first-order valence-corrected chi connectivity index (χ1v) is 7.30. The number of rotatable bonds is 2. The Bertz CT molecular complexity index is 723. The average Bonchev–Trinajstić information content (AvgIpc) is 2.60. The molecular weight excluding hydrogens is 276 g/mol. The first-order valence-electron chi connectivity index (χ1n) is 5.08. The second-order valence-corrected chi connectivity index (χ2v) is 6.46. The molecule has 0 bridgehead atoms. The number of aryl methyl sites for hydroxylation is 1. The van der Waals surface area contributed by atoms with Gasteiger partial charge in [0.25, 0.3) is 0 Å². The van der Waals surface area contributed by atoms with Crippen molar-refractivity contribution in [3.05, 3.63) is 17.2 Å². The molecule has 0 aliphatic carbocycles. The highest BCUT2D eigenvalue weighted by Crippen LogP contribution is 2.35. The largest absolute Gasteiger partial charge is 0.397 e. The van der Waals surface area contributed by atoms with E-state index in [4.69, 9.17) is 17.3 Å². The lowest BCUT2D eigenvalue weighted by atomic mass is 10.2. The monoisotopic (exact) mass is 288 g/mol. The van der Waals surface area contributed by atoms with E-state index in [1.165, 1.54) is 11.7 Å². The first kappa shape index (κ1) is 13.0. The van der Waals surface area contributed by atoms with E-state index in [0.29, 0.717) is 21.6 Å². The van der Waals surface area contributed by atoms with E-state index >= 15 is 0 Å². The molecule has 0 radical (unpaired) electrons. The normalized spacial score (nSPS) is 12.0. The Balaban J connectivity index is 2.86. The van der Waals surface area contributed by atoms with Crippen molar-refractivity contribution in [1.82, 2.24) is 9.78 Å². The van der Waals surface area contributed by atoms with Crippen molar-refractivity contribution < 1.29 is 8.42 Å². The molecule has 1 aromatic carbocycles. The number of benzene rings is 1. The number of nitrogen functional groups attached to an aromatic ring is 1. The van der Waals surface area contributed by atoms with Gasteiger partial charge in [0.1, 0.15) is 0 Å². The van der Waals surface area contributed by atoms with Gasteiger partial charge in [-0.3, -0.25) is 8.99 Å². The Morgan fingerprint density at radius 3 is 2.61 bits per heavy atom. The van der Waals surface area contributed by atoms with Crippen molar-refractivity contribution in [2.24, 2.45) is 7.05 Å². The summed E-state index contributed by atoms with van der Waals surface area (Å²) >= 11 is 6.11. The van der Waals surface area contributed by atoms with E-state index < -0.39 is 10.0 Å². The zero-order chi connectivity index (χ0) is 13.7. The van der Waals surface area contributed by atoms with Crippen LogP contribution in [0.5, 0.6) is 0 Å². The molecule has 0 unspecified atom stereocenters. The van der Waals surface area contributed by atoms with Gasteiger partial charge in [-0.05, 0) is 12.1 Å². The van der Waals surface area contributed by atoms with E-state index in [-0.39, 0.29) is 5.82 Å². The molecule has 0 aliphatic rings. The van der Waals surface area contributed by atoms with Crippen LogP contribution in [-0.2, 0) is 17.1 Å². The predicted octanol–water partition coefficient (Wildman–Crippen LogP) is 1.20. The number of hydrogen-bond acceptors (Lipinski definition) is 4. The molecule has 1 aromatic heterocycles. The summed E-state index contributed by atoms with van der Waals surface area (Å²) in [4.78, 5) is 0. The summed E-state index contributed by atoms with van der Waals surface area (Å²) in [5.74, 6) is 0.271. The molecule has 18 heavy (non-hydrogen) atoms. The molecule has 0 saturated carbocycles. The van der Waals surface area contributed by atoms with E-state index in [1.807, 2.05) is 0 Å². The molecule has 1 heterocycles. The second kappa shape index (κ2) is 4.03. The van der Waals surface area contributed by atoms with Gasteiger partial charge in [-0.25, -0.2) is 8.42 Å². The van der Waals surface area contributed by atoms with Crippen molar-refractivity contribution in [1.29, 1.82) is 0 Å². The summed E-state index contributed by atoms with van der Waals surface area (Å²) in [6.07, 6.45) is 1.10. The van der Waals surface area contributed by atoms with Crippen molar-refractivity contribution in [2.75, 3.05) is 23.3 Å². The van der Waals surface area contributed by atoms with Gasteiger partial charge < -0.3 is 5.73 Å². The van der Waals surface area contributed by atoms with Crippen LogP contribution in [0, 0.1) is 0 Å². The van der Waals surface area contributed by atoms with Crippen LogP contribution >= 0.6 is 11.6 Å². The number of fused-ring (bicyclic) bond motifs is 1. The van der Waals surface area contributed by atoms with E-state index in [2.05, 4.69) is 5.10 Å². The summed E-state index contributed by atoms with van der Waals surface area (Å²) in [6.45, 7) is 0. The topological polar surface area (TPSA) is 81.2 Å². The maximum atomic E-state index is 11.6.